The van der Waals surface area contributed by atoms with Crippen LogP contribution >= 0.6 is 15.9 Å². The van der Waals surface area contributed by atoms with Gasteiger partial charge in [-0.3, -0.25) is 4.79 Å². The quantitative estimate of drug-likeness (QED) is 0.643. The van der Waals surface area contributed by atoms with Crippen LogP contribution in [0.4, 0.5) is 0 Å². The first-order valence-corrected chi connectivity index (χ1v) is 7.77. The highest BCUT2D eigenvalue weighted by Crippen LogP contribution is 2.16. The van der Waals surface area contributed by atoms with Crippen LogP contribution in [0, 0.1) is 0 Å². The van der Waals surface area contributed by atoms with Crippen LogP contribution in [0.15, 0.2) is 59.1 Å². The van der Waals surface area contributed by atoms with Crippen molar-refractivity contribution in [3.63, 3.8) is 0 Å². The van der Waals surface area contributed by atoms with Crippen molar-refractivity contribution in [2.75, 3.05) is 7.11 Å². The minimum Gasteiger partial charge on any atom is -0.465 e. The van der Waals surface area contributed by atoms with E-state index in [1.807, 2.05) is 24.3 Å². The lowest BCUT2D eigenvalue weighted by Crippen LogP contribution is -2.20. The molecule has 1 amide bonds. The number of carbonyl (C=O) groups excluding carboxylic acids is 2. The van der Waals surface area contributed by atoms with Crippen LogP contribution in [0.1, 0.15) is 21.5 Å². The van der Waals surface area contributed by atoms with E-state index in [1.165, 1.54) is 13.2 Å². The maximum absolute atomic E-state index is 11.8. The van der Waals surface area contributed by atoms with Crippen molar-refractivity contribution in [1.29, 1.82) is 0 Å². The van der Waals surface area contributed by atoms with Crippen molar-refractivity contribution in [2.45, 2.75) is 6.54 Å². The first kappa shape index (κ1) is 17.0. The Balaban J connectivity index is 1.89. The molecule has 0 aliphatic rings. The number of ether oxygens (including phenoxy) is 1. The van der Waals surface area contributed by atoms with E-state index in [2.05, 4.69) is 26.0 Å². The van der Waals surface area contributed by atoms with Crippen molar-refractivity contribution >= 4 is 33.9 Å². The molecule has 0 saturated heterocycles. The van der Waals surface area contributed by atoms with E-state index in [0.717, 1.165) is 15.6 Å². The summed E-state index contributed by atoms with van der Waals surface area (Å²) in [6.45, 7) is 0.389. The highest BCUT2D eigenvalue weighted by atomic mass is 79.9. The summed E-state index contributed by atoms with van der Waals surface area (Å²) in [7, 11) is 1.34. The van der Waals surface area contributed by atoms with Gasteiger partial charge in [0.15, 0.2) is 0 Å². The van der Waals surface area contributed by atoms with Crippen molar-refractivity contribution in [3.8, 4) is 0 Å². The van der Waals surface area contributed by atoms with Crippen LogP contribution in [-0.2, 0) is 16.1 Å². The predicted molar refractivity (Wildman–Crippen MR) is 92.8 cm³/mol. The largest absolute Gasteiger partial charge is 0.465 e. The smallest absolute Gasteiger partial charge is 0.337 e. The Kier molecular flexibility index (Phi) is 6.11. The zero-order valence-corrected chi connectivity index (χ0v) is 14.2. The summed E-state index contributed by atoms with van der Waals surface area (Å²) in [5, 5.41) is 2.79. The maximum Gasteiger partial charge on any atom is 0.337 e. The van der Waals surface area contributed by atoms with Crippen LogP contribution in [0.5, 0.6) is 0 Å². The molecule has 0 aromatic heterocycles. The average Bonchev–Trinajstić information content (AvgIpc) is 2.59. The third-order valence-corrected chi connectivity index (χ3v) is 3.88. The summed E-state index contributed by atoms with van der Waals surface area (Å²) in [6, 6.07) is 14.6. The van der Waals surface area contributed by atoms with E-state index >= 15 is 0 Å². The molecule has 118 valence electrons. The Morgan fingerprint density at radius 1 is 1.13 bits per heavy atom. The zero-order chi connectivity index (χ0) is 16.7. The second-order valence-corrected chi connectivity index (χ2v) is 5.62. The summed E-state index contributed by atoms with van der Waals surface area (Å²) >= 11 is 3.43. The lowest BCUT2D eigenvalue weighted by atomic mass is 10.1. The Morgan fingerprint density at radius 3 is 2.48 bits per heavy atom. The molecule has 0 radical (unpaired) electrons. The molecule has 0 aliphatic heterocycles. The second kappa shape index (κ2) is 8.29. The molecule has 2 aromatic carbocycles. The fourth-order valence-corrected chi connectivity index (χ4v) is 2.32. The van der Waals surface area contributed by atoms with Gasteiger partial charge in [0.05, 0.1) is 12.7 Å². The zero-order valence-electron chi connectivity index (χ0n) is 12.6. The topological polar surface area (TPSA) is 55.4 Å². The minimum absolute atomic E-state index is 0.183. The van der Waals surface area contributed by atoms with Crippen molar-refractivity contribution in [2.24, 2.45) is 0 Å². The molecule has 0 heterocycles. The van der Waals surface area contributed by atoms with Gasteiger partial charge in [0.2, 0.25) is 5.91 Å². The normalized spacial score (nSPS) is 10.5. The van der Waals surface area contributed by atoms with Gasteiger partial charge < -0.3 is 10.1 Å². The molecule has 0 bridgehead atoms. The van der Waals surface area contributed by atoms with Gasteiger partial charge in [0.25, 0.3) is 0 Å². The third-order valence-electron chi connectivity index (χ3n) is 3.16. The minimum atomic E-state index is -0.378. The highest BCUT2D eigenvalue weighted by Gasteiger charge is 2.04. The number of rotatable bonds is 5. The van der Waals surface area contributed by atoms with Gasteiger partial charge in [-0.2, -0.15) is 0 Å². The van der Waals surface area contributed by atoms with Gasteiger partial charge in [0.1, 0.15) is 0 Å². The summed E-state index contributed by atoms with van der Waals surface area (Å²) < 4.78 is 5.57. The van der Waals surface area contributed by atoms with Crippen LogP contribution in [0.3, 0.4) is 0 Å². The number of hydrogen-bond donors (Lipinski definition) is 1. The van der Waals surface area contributed by atoms with Gasteiger partial charge in [-0.05, 0) is 35.4 Å². The molecule has 5 heteroatoms. The number of methoxy groups -OCH3 is 1. The molecular formula is C18H16BrNO3. The average molecular weight is 374 g/mol. The van der Waals surface area contributed by atoms with Crippen LogP contribution in [0.25, 0.3) is 6.08 Å². The predicted octanol–water partition coefficient (Wildman–Crippen LogP) is 3.57. The second-order valence-electron chi connectivity index (χ2n) is 4.76. The van der Waals surface area contributed by atoms with E-state index in [9.17, 15) is 9.59 Å². The van der Waals surface area contributed by atoms with E-state index < -0.39 is 0 Å². The van der Waals surface area contributed by atoms with Crippen molar-refractivity contribution in [1.82, 2.24) is 5.32 Å². The standard InChI is InChI=1S/C18H16BrNO3/c1-23-18(22)15-8-6-13(7-9-15)12-20-17(21)11-10-14-4-2-3-5-16(14)19/h2-11H,12H2,1H3,(H,20,21)/b11-10+. The number of hydrogen-bond acceptors (Lipinski definition) is 3. The molecule has 0 unspecified atom stereocenters. The number of benzene rings is 2. The van der Waals surface area contributed by atoms with E-state index in [1.54, 1.807) is 30.3 Å². The van der Waals surface area contributed by atoms with E-state index in [0.29, 0.717) is 12.1 Å². The Bertz CT molecular complexity index is 723. The SMILES string of the molecule is COC(=O)c1ccc(CNC(=O)/C=C/c2ccccc2Br)cc1. The molecule has 0 aliphatic carbocycles. The molecule has 2 rings (SSSR count). The Labute approximate surface area is 143 Å². The number of carbonyl (C=O) groups is 2. The maximum atomic E-state index is 11.8. The molecule has 2 aromatic rings. The molecule has 0 fully saturated rings. The number of esters is 1. The van der Waals surface area contributed by atoms with Crippen LogP contribution < -0.4 is 5.32 Å². The van der Waals surface area contributed by atoms with Crippen molar-refractivity contribution < 1.29 is 14.3 Å². The Morgan fingerprint density at radius 2 is 1.83 bits per heavy atom. The van der Waals surface area contributed by atoms with E-state index in [4.69, 9.17) is 0 Å². The highest BCUT2D eigenvalue weighted by molar-refractivity contribution is 9.10. The summed E-state index contributed by atoms with van der Waals surface area (Å²) in [4.78, 5) is 23.2. The number of nitrogens with one attached hydrogen (secondary N) is 1. The van der Waals surface area contributed by atoms with Crippen molar-refractivity contribution in [3.05, 3.63) is 75.8 Å². The summed E-state index contributed by atoms with van der Waals surface area (Å²) in [5.74, 6) is -0.560. The fraction of sp³-hybridized carbons (Fsp3) is 0.111. The molecule has 0 saturated carbocycles. The molecule has 0 spiro atoms. The van der Waals surface area contributed by atoms with Gasteiger partial charge in [-0.1, -0.05) is 46.3 Å². The summed E-state index contributed by atoms with van der Waals surface area (Å²) in [6.07, 6.45) is 3.24. The van der Waals surface area contributed by atoms with Crippen LogP contribution in [-0.4, -0.2) is 19.0 Å². The van der Waals surface area contributed by atoms with Gasteiger partial charge in [-0.15, -0.1) is 0 Å². The first-order chi connectivity index (χ1) is 11.1. The molecule has 0 atom stereocenters. The monoisotopic (exact) mass is 373 g/mol. The van der Waals surface area contributed by atoms with Gasteiger partial charge in [-0.25, -0.2) is 4.79 Å². The Hall–Kier alpha value is -2.40. The summed E-state index contributed by atoms with van der Waals surface area (Å²) in [5.41, 5.74) is 2.32. The third kappa shape index (κ3) is 5.07. The molecule has 4 nitrogen and oxygen atoms in total. The van der Waals surface area contributed by atoms with Gasteiger partial charge >= 0.3 is 5.97 Å². The van der Waals surface area contributed by atoms with E-state index in [-0.39, 0.29) is 11.9 Å². The molecule has 1 N–H and O–H groups in total. The number of amides is 1. The molecular weight excluding hydrogens is 358 g/mol. The fourth-order valence-electron chi connectivity index (χ4n) is 1.90. The first-order valence-electron chi connectivity index (χ1n) is 6.98. The lowest BCUT2D eigenvalue weighted by molar-refractivity contribution is -0.116. The van der Waals surface area contributed by atoms with Crippen LogP contribution in [0.2, 0.25) is 0 Å². The lowest BCUT2D eigenvalue weighted by Gasteiger charge is -2.04. The van der Waals surface area contributed by atoms with Gasteiger partial charge in [0, 0.05) is 17.1 Å². The molecule has 23 heavy (non-hydrogen) atoms. The number of halogens is 1.